The number of unbranched alkanes of at least 4 members (excludes halogenated alkanes) is 1. The van der Waals surface area contributed by atoms with Crippen LogP contribution < -0.4 is 16.4 Å². The van der Waals surface area contributed by atoms with Crippen molar-refractivity contribution in [2.24, 2.45) is 11.5 Å². The quantitative estimate of drug-likeness (QED) is 0.717. The normalized spacial score (nSPS) is 10.8. The molecule has 0 unspecified atom stereocenters. The van der Waals surface area contributed by atoms with Crippen LogP contribution in [0.4, 0.5) is 10.5 Å². The fraction of sp³-hybridized carbons (Fsp3) is 0.357. The van der Waals surface area contributed by atoms with Crippen molar-refractivity contribution < 1.29 is 4.79 Å². The number of benzene rings is 1. The van der Waals surface area contributed by atoms with E-state index in [-0.39, 0.29) is 0 Å². The number of urea groups is 1. The Morgan fingerprint density at radius 2 is 2.16 bits per heavy atom. The number of hydrogen-bond donors (Lipinski definition) is 3. The summed E-state index contributed by atoms with van der Waals surface area (Å²) in [6.45, 7) is 0.720. The number of hydrogen-bond acceptors (Lipinski definition) is 2. The molecule has 2 aromatic rings. The molecule has 5 heteroatoms. The van der Waals surface area contributed by atoms with Crippen LogP contribution in [0.1, 0.15) is 18.4 Å². The Labute approximate surface area is 112 Å². The van der Waals surface area contributed by atoms with E-state index in [1.807, 2.05) is 24.4 Å². The summed E-state index contributed by atoms with van der Waals surface area (Å²) in [5.74, 6) is 0. The maximum Gasteiger partial charge on any atom is 0.318 e. The number of anilines is 1. The van der Waals surface area contributed by atoms with Gasteiger partial charge in [-0.3, -0.25) is 4.90 Å². The van der Waals surface area contributed by atoms with Crippen molar-refractivity contribution in [1.82, 2.24) is 4.98 Å². The summed E-state index contributed by atoms with van der Waals surface area (Å²) >= 11 is 0. The van der Waals surface area contributed by atoms with Gasteiger partial charge in [-0.1, -0.05) is 0 Å². The third-order valence-corrected chi connectivity index (χ3v) is 3.37. The van der Waals surface area contributed by atoms with Crippen molar-refractivity contribution in [3.05, 3.63) is 30.0 Å². The Morgan fingerprint density at radius 3 is 2.84 bits per heavy atom. The topological polar surface area (TPSA) is 88.1 Å². The number of primary amides is 1. The highest BCUT2D eigenvalue weighted by Crippen LogP contribution is 2.25. The number of carbonyl (C=O) groups excluding carboxylic acids is 1. The van der Waals surface area contributed by atoms with Gasteiger partial charge in [-0.25, -0.2) is 4.79 Å². The van der Waals surface area contributed by atoms with Crippen LogP contribution in [0.25, 0.3) is 10.9 Å². The van der Waals surface area contributed by atoms with E-state index < -0.39 is 6.03 Å². The van der Waals surface area contributed by atoms with E-state index >= 15 is 0 Å². The smallest absolute Gasteiger partial charge is 0.318 e. The molecule has 0 saturated carbocycles. The zero-order valence-corrected chi connectivity index (χ0v) is 11.1. The number of aromatic amines is 1. The number of nitrogens with one attached hydrogen (secondary N) is 1. The number of aryl methyl sites for hydroxylation is 1. The van der Waals surface area contributed by atoms with E-state index in [2.05, 4.69) is 4.98 Å². The summed E-state index contributed by atoms with van der Waals surface area (Å²) in [6.07, 6.45) is 5.10. The number of H-pyrrole nitrogens is 1. The average Bonchev–Trinajstić information content (AvgIpc) is 2.80. The van der Waals surface area contributed by atoms with Crippen molar-refractivity contribution in [3.8, 4) is 0 Å². The molecule has 0 saturated heterocycles. The molecule has 1 aromatic carbocycles. The molecule has 0 radical (unpaired) electrons. The maximum atomic E-state index is 11.2. The van der Waals surface area contributed by atoms with Gasteiger partial charge in [0, 0.05) is 29.8 Å². The summed E-state index contributed by atoms with van der Waals surface area (Å²) < 4.78 is 0. The van der Waals surface area contributed by atoms with E-state index in [1.54, 1.807) is 7.05 Å². The Bertz CT molecular complexity index is 576. The molecular weight excluding hydrogens is 240 g/mol. The number of nitrogens with zero attached hydrogens (tertiary/aromatic N) is 1. The lowest BCUT2D eigenvalue weighted by Gasteiger charge is -2.14. The van der Waals surface area contributed by atoms with Crippen LogP contribution in [0.15, 0.2) is 24.4 Å². The van der Waals surface area contributed by atoms with Crippen LogP contribution in [-0.2, 0) is 6.42 Å². The second-order valence-corrected chi connectivity index (χ2v) is 4.69. The molecule has 2 amide bonds. The first-order valence-electron chi connectivity index (χ1n) is 6.46. The molecule has 5 nitrogen and oxygen atoms in total. The third kappa shape index (κ3) is 2.88. The molecule has 0 spiro atoms. The molecule has 0 atom stereocenters. The second-order valence-electron chi connectivity index (χ2n) is 4.69. The summed E-state index contributed by atoms with van der Waals surface area (Å²) in [5.41, 5.74) is 13.9. The van der Waals surface area contributed by atoms with Crippen molar-refractivity contribution >= 4 is 22.6 Å². The largest absolute Gasteiger partial charge is 0.361 e. The Morgan fingerprint density at radius 1 is 1.37 bits per heavy atom. The summed E-state index contributed by atoms with van der Waals surface area (Å²) in [6, 6.07) is 5.39. The maximum absolute atomic E-state index is 11.2. The van der Waals surface area contributed by atoms with Gasteiger partial charge in [0.25, 0.3) is 0 Å². The highest BCUT2D eigenvalue weighted by Gasteiger charge is 2.09. The lowest BCUT2D eigenvalue weighted by molar-refractivity contribution is 0.255. The van der Waals surface area contributed by atoms with Gasteiger partial charge in [-0.2, -0.15) is 0 Å². The molecule has 2 rings (SSSR count). The van der Waals surface area contributed by atoms with Crippen molar-refractivity contribution in [2.75, 3.05) is 18.5 Å². The summed E-state index contributed by atoms with van der Waals surface area (Å²) in [5, 5.41) is 1.14. The molecule has 0 fully saturated rings. The van der Waals surface area contributed by atoms with E-state index in [0.717, 1.165) is 42.4 Å². The first kappa shape index (κ1) is 13.4. The highest BCUT2D eigenvalue weighted by atomic mass is 16.2. The fourth-order valence-electron chi connectivity index (χ4n) is 2.17. The first-order valence-corrected chi connectivity index (χ1v) is 6.46. The summed E-state index contributed by atoms with van der Waals surface area (Å²) in [7, 11) is 1.67. The number of fused-ring (bicyclic) bond motifs is 1. The number of nitrogens with two attached hydrogens (primary N) is 2. The number of rotatable bonds is 5. The molecule has 5 N–H and O–H groups in total. The monoisotopic (exact) mass is 260 g/mol. The first-order chi connectivity index (χ1) is 9.13. The van der Waals surface area contributed by atoms with E-state index in [9.17, 15) is 4.79 Å². The lowest BCUT2D eigenvalue weighted by atomic mass is 10.1. The predicted octanol–water partition coefficient (Wildman–Crippen LogP) is 1.96. The van der Waals surface area contributed by atoms with Crippen molar-refractivity contribution in [2.45, 2.75) is 19.3 Å². The van der Waals surface area contributed by atoms with Crippen molar-refractivity contribution in [1.29, 1.82) is 0 Å². The molecule has 19 heavy (non-hydrogen) atoms. The van der Waals surface area contributed by atoms with Crippen LogP contribution >= 0.6 is 0 Å². The third-order valence-electron chi connectivity index (χ3n) is 3.37. The Hall–Kier alpha value is -2.01. The molecule has 0 aliphatic heterocycles. The number of aromatic nitrogens is 1. The average molecular weight is 260 g/mol. The lowest BCUT2D eigenvalue weighted by Crippen LogP contribution is -2.31. The standard InChI is InChI=1S/C14H20N4O/c1-18(14(16)19)11-5-6-13-12(8-11)10(9-17-13)4-2-3-7-15/h5-6,8-9,17H,2-4,7,15H2,1H3,(H2,16,19). The predicted molar refractivity (Wildman–Crippen MR) is 78.3 cm³/mol. The van der Waals surface area contributed by atoms with Gasteiger partial charge in [-0.05, 0) is 49.6 Å². The van der Waals surface area contributed by atoms with Gasteiger partial charge in [0.05, 0.1) is 0 Å². The molecule has 0 aliphatic rings. The fourth-order valence-corrected chi connectivity index (χ4v) is 2.17. The molecule has 0 bridgehead atoms. The molecule has 1 aromatic heterocycles. The van der Waals surface area contributed by atoms with Gasteiger partial charge in [0.1, 0.15) is 0 Å². The van der Waals surface area contributed by atoms with Crippen LogP contribution in [0.5, 0.6) is 0 Å². The Balaban J connectivity index is 2.29. The van der Waals surface area contributed by atoms with E-state index in [4.69, 9.17) is 11.5 Å². The van der Waals surface area contributed by atoms with Crippen LogP contribution in [-0.4, -0.2) is 24.6 Å². The van der Waals surface area contributed by atoms with Crippen LogP contribution in [0.2, 0.25) is 0 Å². The Kier molecular flexibility index (Phi) is 4.06. The SMILES string of the molecule is CN(C(N)=O)c1ccc2[nH]cc(CCCCN)c2c1. The zero-order chi connectivity index (χ0) is 13.8. The zero-order valence-electron chi connectivity index (χ0n) is 11.1. The number of amides is 2. The van der Waals surface area contributed by atoms with Crippen molar-refractivity contribution in [3.63, 3.8) is 0 Å². The highest BCUT2D eigenvalue weighted by molar-refractivity contribution is 5.94. The van der Waals surface area contributed by atoms with Gasteiger partial charge >= 0.3 is 6.03 Å². The second kappa shape index (κ2) is 5.75. The van der Waals surface area contributed by atoms with Crippen LogP contribution in [0.3, 0.4) is 0 Å². The molecule has 1 heterocycles. The van der Waals surface area contributed by atoms with Gasteiger partial charge < -0.3 is 16.5 Å². The minimum Gasteiger partial charge on any atom is -0.361 e. The number of carbonyl (C=O) groups is 1. The minimum absolute atomic E-state index is 0.459. The molecule has 0 aliphatic carbocycles. The van der Waals surface area contributed by atoms with Gasteiger partial charge in [0.2, 0.25) is 0 Å². The van der Waals surface area contributed by atoms with Gasteiger partial charge in [-0.15, -0.1) is 0 Å². The summed E-state index contributed by atoms with van der Waals surface area (Å²) in [4.78, 5) is 15.9. The molecule has 102 valence electrons. The van der Waals surface area contributed by atoms with E-state index in [0.29, 0.717) is 0 Å². The minimum atomic E-state index is -0.459. The molecular formula is C14H20N4O. The van der Waals surface area contributed by atoms with Crippen LogP contribution in [0, 0.1) is 0 Å². The van der Waals surface area contributed by atoms with E-state index in [1.165, 1.54) is 10.5 Å². The van der Waals surface area contributed by atoms with Gasteiger partial charge in [0.15, 0.2) is 0 Å².